The summed E-state index contributed by atoms with van der Waals surface area (Å²) in [5.74, 6) is -0.396. The summed E-state index contributed by atoms with van der Waals surface area (Å²) in [4.78, 5) is 7.81. The Morgan fingerprint density at radius 2 is 1.92 bits per heavy atom. The molecule has 0 amide bonds. The summed E-state index contributed by atoms with van der Waals surface area (Å²) in [5, 5.41) is -0.148. The Morgan fingerprint density at radius 1 is 1.20 bits per heavy atom. The molecule has 2 heterocycles. The van der Waals surface area contributed by atoms with Gasteiger partial charge in [-0.25, -0.2) is 18.7 Å². The minimum Gasteiger partial charge on any atom is -0.278 e. The predicted octanol–water partition coefficient (Wildman–Crippen LogP) is 3.33. The number of pyridine rings is 1. The molecular weight excluding hydrogens is 374 g/mol. The molecule has 0 aliphatic rings. The zero-order valence-corrected chi connectivity index (χ0v) is 14.1. The van der Waals surface area contributed by atoms with Gasteiger partial charge in [0.15, 0.2) is 10.8 Å². The highest BCUT2D eigenvalue weighted by molar-refractivity contribution is 7.92. The lowest BCUT2D eigenvalue weighted by molar-refractivity contribution is 0.484. The van der Waals surface area contributed by atoms with Crippen molar-refractivity contribution in [2.24, 2.45) is 0 Å². The van der Waals surface area contributed by atoms with E-state index in [1.807, 2.05) is 0 Å². The normalized spacial score (nSPS) is 11.5. The molecule has 1 N–H and O–H groups in total. The largest absolute Gasteiger partial charge is 0.279 e. The van der Waals surface area contributed by atoms with Gasteiger partial charge in [-0.3, -0.25) is 9.29 Å². The highest BCUT2D eigenvalue weighted by atomic mass is 35.5. The van der Waals surface area contributed by atoms with E-state index < -0.39 is 22.5 Å². The van der Waals surface area contributed by atoms with Crippen LogP contribution in [-0.2, 0) is 16.7 Å². The molecule has 0 atom stereocenters. The zero-order valence-electron chi connectivity index (χ0n) is 12.5. The van der Waals surface area contributed by atoms with Gasteiger partial charge in [-0.05, 0) is 30.3 Å². The van der Waals surface area contributed by atoms with Crippen LogP contribution < -0.4 is 4.72 Å². The van der Waals surface area contributed by atoms with E-state index in [1.165, 1.54) is 30.7 Å². The maximum atomic E-state index is 12.9. The average molecular weight is 385 g/mol. The number of hydrogen-bond donors (Lipinski definition) is 1. The first-order valence-electron chi connectivity index (χ1n) is 6.92. The van der Waals surface area contributed by atoms with Crippen LogP contribution in [0.15, 0.2) is 54.1 Å². The minimum absolute atomic E-state index is 0.0754. The number of imidazole rings is 1. The Morgan fingerprint density at radius 3 is 2.56 bits per heavy atom. The van der Waals surface area contributed by atoms with Crippen LogP contribution in [0.4, 0.5) is 14.5 Å². The van der Waals surface area contributed by atoms with Gasteiger partial charge in [0.05, 0.1) is 11.2 Å². The molecule has 0 radical (unpaired) electrons. The van der Waals surface area contributed by atoms with Crippen molar-refractivity contribution in [2.75, 3.05) is 4.72 Å². The summed E-state index contributed by atoms with van der Waals surface area (Å²) >= 11 is 6.06. The Balaban J connectivity index is 1.99. The first-order chi connectivity index (χ1) is 11.9. The zero-order chi connectivity index (χ0) is 18.0. The fourth-order valence-corrected chi connectivity index (χ4v) is 3.51. The standard InChI is InChI=1S/C15H11ClF2N4O2S/c16-13-5-10(6-17)7-20-15(13)22-9-19-8-14(22)25(23,24)21-12-3-1-11(18)2-4-12/h1-5,7-9,21H,6H2. The van der Waals surface area contributed by atoms with Gasteiger partial charge in [-0.1, -0.05) is 11.6 Å². The van der Waals surface area contributed by atoms with Crippen LogP contribution in [0.5, 0.6) is 0 Å². The third-order valence-corrected chi connectivity index (χ3v) is 4.87. The summed E-state index contributed by atoms with van der Waals surface area (Å²) in [5.41, 5.74) is 0.448. The van der Waals surface area contributed by atoms with Crippen molar-refractivity contribution in [3.05, 3.63) is 65.5 Å². The quantitative estimate of drug-likeness (QED) is 0.732. The second kappa shape index (κ2) is 6.77. The molecule has 0 bridgehead atoms. The van der Waals surface area contributed by atoms with Gasteiger partial charge in [-0.2, -0.15) is 8.42 Å². The van der Waals surface area contributed by atoms with Crippen molar-refractivity contribution >= 4 is 27.3 Å². The van der Waals surface area contributed by atoms with Crippen LogP contribution in [0.3, 0.4) is 0 Å². The summed E-state index contributed by atoms with van der Waals surface area (Å²) in [7, 11) is -4.04. The number of alkyl halides is 1. The molecule has 0 spiro atoms. The maximum absolute atomic E-state index is 12.9. The van der Waals surface area contributed by atoms with Crippen LogP contribution in [0, 0.1) is 5.82 Å². The SMILES string of the molecule is O=S(=O)(Nc1ccc(F)cc1)c1cncn1-c1ncc(CF)cc1Cl. The van der Waals surface area contributed by atoms with E-state index in [-0.39, 0.29) is 27.1 Å². The van der Waals surface area contributed by atoms with Crippen LogP contribution in [-0.4, -0.2) is 23.0 Å². The number of halogens is 3. The molecule has 1 aromatic carbocycles. The van der Waals surface area contributed by atoms with E-state index >= 15 is 0 Å². The average Bonchev–Trinajstić information content (AvgIpc) is 3.07. The molecule has 0 aliphatic heterocycles. The highest BCUT2D eigenvalue weighted by Gasteiger charge is 2.22. The second-order valence-electron chi connectivity index (χ2n) is 5.00. The van der Waals surface area contributed by atoms with E-state index in [2.05, 4.69) is 14.7 Å². The molecule has 6 nitrogen and oxygen atoms in total. The summed E-state index contributed by atoms with van der Waals surface area (Å²) in [6.45, 7) is -0.742. The third kappa shape index (κ3) is 3.62. The number of aromatic nitrogens is 3. The van der Waals surface area contributed by atoms with E-state index in [1.54, 1.807) is 0 Å². The fourth-order valence-electron chi connectivity index (χ4n) is 2.09. The maximum Gasteiger partial charge on any atom is 0.279 e. The molecule has 0 saturated carbocycles. The number of hydrogen-bond acceptors (Lipinski definition) is 4. The van der Waals surface area contributed by atoms with Crippen LogP contribution in [0.25, 0.3) is 5.82 Å². The topological polar surface area (TPSA) is 76.9 Å². The Kier molecular flexibility index (Phi) is 4.69. The molecule has 0 saturated heterocycles. The van der Waals surface area contributed by atoms with Gasteiger partial charge >= 0.3 is 0 Å². The van der Waals surface area contributed by atoms with E-state index in [9.17, 15) is 17.2 Å². The number of nitrogens with one attached hydrogen (secondary N) is 1. The number of benzene rings is 1. The first kappa shape index (κ1) is 17.3. The molecule has 10 heteroatoms. The van der Waals surface area contributed by atoms with Crippen LogP contribution in [0.2, 0.25) is 5.02 Å². The number of anilines is 1. The monoisotopic (exact) mass is 384 g/mol. The van der Waals surface area contributed by atoms with Crippen molar-refractivity contribution < 1.29 is 17.2 Å². The molecule has 0 unspecified atom stereocenters. The van der Waals surface area contributed by atoms with Crippen LogP contribution >= 0.6 is 11.6 Å². The van der Waals surface area contributed by atoms with Gasteiger partial charge in [0, 0.05) is 17.4 Å². The van der Waals surface area contributed by atoms with Crippen LogP contribution in [0.1, 0.15) is 5.56 Å². The summed E-state index contributed by atoms with van der Waals surface area (Å²) < 4.78 is 54.2. The van der Waals surface area contributed by atoms with Crippen molar-refractivity contribution in [2.45, 2.75) is 11.7 Å². The lowest BCUT2D eigenvalue weighted by Crippen LogP contribution is -2.17. The molecule has 3 aromatic rings. The number of nitrogens with zero attached hydrogens (tertiary/aromatic N) is 3. The molecule has 2 aromatic heterocycles. The molecule has 0 aliphatic carbocycles. The van der Waals surface area contributed by atoms with Gasteiger partial charge in [0.25, 0.3) is 10.0 Å². The van der Waals surface area contributed by atoms with Crippen molar-refractivity contribution in [3.8, 4) is 5.82 Å². The number of rotatable bonds is 5. The van der Waals surface area contributed by atoms with Gasteiger partial charge in [0.2, 0.25) is 0 Å². The van der Waals surface area contributed by atoms with E-state index in [0.29, 0.717) is 0 Å². The third-order valence-electron chi connectivity index (χ3n) is 3.24. The fraction of sp³-hybridized carbons (Fsp3) is 0.0667. The van der Waals surface area contributed by atoms with Gasteiger partial charge < -0.3 is 0 Å². The van der Waals surface area contributed by atoms with Crippen molar-refractivity contribution in [1.82, 2.24) is 14.5 Å². The van der Waals surface area contributed by atoms with E-state index in [0.717, 1.165) is 22.9 Å². The van der Waals surface area contributed by atoms with Gasteiger partial charge in [0.1, 0.15) is 18.8 Å². The Labute approximate surface area is 147 Å². The second-order valence-corrected chi connectivity index (χ2v) is 7.03. The Bertz CT molecular complexity index is 1010. The molecule has 25 heavy (non-hydrogen) atoms. The molecular formula is C15H11ClF2N4O2S. The smallest absolute Gasteiger partial charge is 0.278 e. The number of sulfonamides is 1. The molecule has 130 valence electrons. The molecule has 0 fully saturated rings. The first-order valence-corrected chi connectivity index (χ1v) is 8.78. The molecule has 3 rings (SSSR count). The Hall–Kier alpha value is -2.52. The van der Waals surface area contributed by atoms with Gasteiger partial charge in [-0.15, -0.1) is 0 Å². The summed E-state index contributed by atoms with van der Waals surface area (Å²) in [6.07, 6.45) is 3.60. The minimum atomic E-state index is -4.04. The van der Waals surface area contributed by atoms with Crippen molar-refractivity contribution in [3.63, 3.8) is 0 Å². The lowest BCUT2D eigenvalue weighted by atomic mass is 10.3. The van der Waals surface area contributed by atoms with E-state index in [4.69, 9.17) is 11.6 Å². The lowest BCUT2D eigenvalue weighted by Gasteiger charge is -2.11. The summed E-state index contributed by atoms with van der Waals surface area (Å²) in [6, 6.07) is 6.18. The highest BCUT2D eigenvalue weighted by Crippen LogP contribution is 2.24. The van der Waals surface area contributed by atoms with Crippen molar-refractivity contribution in [1.29, 1.82) is 0 Å². The predicted molar refractivity (Wildman–Crippen MR) is 88.4 cm³/mol.